The van der Waals surface area contributed by atoms with Gasteiger partial charge in [-0.3, -0.25) is 0 Å². The molecule has 6 rings (SSSR count). The van der Waals surface area contributed by atoms with E-state index in [-0.39, 0.29) is 49.1 Å². The van der Waals surface area contributed by atoms with Crippen LogP contribution >= 0.6 is 0 Å². The fourth-order valence-electron chi connectivity index (χ4n) is 5.87. The van der Waals surface area contributed by atoms with Gasteiger partial charge in [0.2, 0.25) is 0 Å². The molecule has 4 heterocycles. The molecule has 55 heavy (non-hydrogen) atoms. The topological polar surface area (TPSA) is 104 Å². The molecule has 0 radical (unpaired) electrons. The minimum absolute atomic E-state index is 0. The summed E-state index contributed by atoms with van der Waals surface area (Å²) in [5.41, 5.74) is 5.23. The first-order chi connectivity index (χ1) is 25.3. The van der Waals surface area contributed by atoms with Gasteiger partial charge in [-0.05, 0) is 34.6 Å². The molecule has 9 nitrogen and oxygen atoms in total. The van der Waals surface area contributed by atoms with Crippen LogP contribution in [0.25, 0.3) is 39.6 Å². The standard InChI is InChI=1S/C45H52N8O.Pt/c1-27(2)39-51-52-40(28(3)4)53(39)33-21-31(36-16-14-15-18-46-36)23-35(26-33)54-34-22-30(20-32(25-34)43(5,6)7)37-24-29(17-19-47-37)38-48-41(44(8,9)10)50-42(49-38)45(11,12)13;/h14-21,24-28H,1-13H3;/q-2;+2. The fraction of sp³-hybridized carbons (Fsp3) is 0.400. The predicted molar refractivity (Wildman–Crippen MR) is 215 cm³/mol. The van der Waals surface area contributed by atoms with Gasteiger partial charge in [0.15, 0.2) is 5.82 Å². The minimum atomic E-state index is -0.250. The van der Waals surface area contributed by atoms with E-state index >= 15 is 0 Å². The molecular formula is C45H52N8OPt. The Balaban J connectivity index is 0.00000580. The molecular weight excluding hydrogens is 864 g/mol. The van der Waals surface area contributed by atoms with Gasteiger partial charge in [0.25, 0.3) is 0 Å². The summed E-state index contributed by atoms with van der Waals surface area (Å²) in [6.07, 6.45) is 3.58. The van der Waals surface area contributed by atoms with Crippen molar-refractivity contribution < 1.29 is 25.8 Å². The summed E-state index contributed by atoms with van der Waals surface area (Å²) >= 11 is 0. The maximum absolute atomic E-state index is 6.75. The molecule has 0 aliphatic rings. The van der Waals surface area contributed by atoms with Crippen molar-refractivity contribution in [3.05, 3.63) is 108 Å². The Kier molecular flexibility index (Phi) is 12.0. The van der Waals surface area contributed by atoms with Crippen molar-refractivity contribution in [1.29, 1.82) is 0 Å². The molecule has 10 heteroatoms. The van der Waals surface area contributed by atoms with Crippen molar-refractivity contribution in [3.8, 4) is 51.1 Å². The van der Waals surface area contributed by atoms with Crippen molar-refractivity contribution in [2.75, 3.05) is 0 Å². The molecule has 0 aliphatic heterocycles. The minimum Gasteiger partial charge on any atom is -0.496 e. The summed E-state index contributed by atoms with van der Waals surface area (Å²) < 4.78 is 8.88. The predicted octanol–water partition coefficient (Wildman–Crippen LogP) is 10.8. The average Bonchev–Trinajstić information content (AvgIpc) is 3.57. The van der Waals surface area contributed by atoms with E-state index in [0.29, 0.717) is 17.3 Å². The average molecular weight is 916 g/mol. The molecule has 0 saturated heterocycles. The second-order valence-corrected chi connectivity index (χ2v) is 17.6. The Bertz CT molecular complexity index is 2220. The molecule has 0 aliphatic carbocycles. The second-order valence-electron chi connectivity index (χ2n) is 17.6. The van der Waals surface area contributed by atoms with E-state index in [1.165, 1.54) is 0 Å². The normalized spacial score (nSPS) is 12.3. The van der Waals surface area contributed by atoms with Gasteiger partial charge in [-0.1, -0.05) is 132 Å². The van der Waals surface area contributed by atoms with Crippen LogP contribution in [-0.2, 0) is 37.3 Å². The zero-order valence-electron chi connectivity index (χ0n) is 34.3. The van der Waals surface area contributed by atoms with E-state index in [9.17, 15) is 0 Å². The molecule has 0 fully saturated rings. The van der Waals surface area contributed by atoms with E-state index < -0.39 is 0 Å². The second kappa shape index (κ2) is 15.9. The molecule has 0 atom stereocenters. The zero-order valence-corrected chi connectivity index (χ0v) is 36.6. The SMILES string of the molecule is CC(C)c1nnc(C(C)C)n1-c1cc(Oc2[c-]c(-c3cc(-c4nc(C(C)(C)C)nc(C(C)(C)C)n4)ccn3)cc(C(C)(C)C)c2)[c-]c(-c2ccccn2)c1.[Pt+2]. The summed E-state index contributed by atoms with van der Waals surface area (Å²) in [4.78, 5) is 24.2. The molecule has 4 aromatic heterocycles. The third kappa shape index (κ3) is 9.44. The molecule has 2 aromatic carbocycles. The van der Waals surface area contributed by atoms with Gasteiger partial charge >= 0.3 is 21.1 Å². The van der Waals surface area contributed by atoms with Crippen LogP contribution in [0.4, 0.5) is 0 Å². The monoisotopic (exact) mass is 915 g/mol. The molecule has 0 unspecified atom stereocenters. The van der Waals surface area contributed by atoms with Gasteiger partial charge in [-0.2, -0.15) is 0 Å². The van der Waals surface area contributed by atoms with E-state index in [4.69, 9.17) is 24.7 Å². The number of nitrogens with zero attached hydrogens (tertiary/aromatic N) is 8. The van der Waals surface area contributed by atoms with Gasteiger partial charge in [0.05, 0.1) is 0 Å². The van der Waals surface area contributed by atoms with Gasteiger partial charge < -0.3 is 19.3 Å². The maximum Gasteiger partial charge on any atom is 2.00 e. The summed E-state index contributed by atoms with van der Waals surface area (Å²) in [5.74, 6) is 5.25. The third-order valence-electron chi connectivity index (χ3n) is 8.98. The molecule has 6 aromatic rings. The Morgan fingerprint density at radius 1 is 0.600 bits per heavy atom. The number of hydrogen-bond donors (Lipinski definition) is 0. The Morgan fingerprint density at radius 2 is 1.16 bits per heavy atom. The van der Waals surface area contributed by atoms with Crippen molar-refractivity contribution >= 4 is 0 Å². The van der Waals surface area contributed by atoms with Crippen LogP contribution in [0.1, 0.15) is 131 Å². The summed E-state index contributed by atoms with van der Waals surface area (Å²) in [5, 5.41) is 9.19. The Labute approximate surface area is 341 Å². The number of aromatic nitrogens is 8. The van der Waals surface area contributed by atoms with Gasteiger partial charge in [-0.25, -0.2) is 15.0 Å². The zero-order chi connectivity index (χ0) is 39.2. The maximum atomic E-state index is 6.75. The van der Waals surface area contributed by atoms with E-state index in [2.05, 4.69) is 134 Å². The van der Waals surface area contributed by atoms with Crippen LogP contribution in [0.5, 0.6) is 11.5 Å². The Morgan fingerprint density at radius 3 is 1.69 bits per heavy atom. The van der Waals surface area contributed by atoms with Gasteiger partial charge in [0, 0.05) is 52.1 Å². The van der Waals surface area contributed by atoms with E-state index in [0.717, 1.165) is 62.6 Å². The first kappa shape index (κ1) is 41.5. The molecule has 0 spiro atoms. The largest absolute Gasteiger partial charge is 2.00 e. The number of hydrogen-bond acceptors (Lipinski definition) is 8. The van der Waals surface area contributed by atoms with E-state index in [1.54, 1.807) is 12.4 Å². The number of pyridine rings is 2. The fourth-order valence-corrected chi connectivity index (χ4v) is 5.87. The van der Waals surface area contributed by atoms with Crippen LogP contribution in [0.15, 0.2) is 67.0 Å². The smallest absolute Gasteiger partial charge is 0.496 e. The molecule has 0 amide bonds. The quantitative estimate of drug-likeness (QED) is 0.139. The van der Waals surface area contributed by atoms with Crippen molar-refractivity contribution in [3.63, 3.8) is 0 Å². The molecule has 288 valence electrons. The molecule has 0 bridgehead atoms. The number of ether oxygens (including phenoxy) is 1. The summed E-state index contributed by atoms with van der Waals surface area (Å²) in [6, 6.07) is 25.1. The van der Waals surface area contributed by atoms with Crippen molar-refractivity contribution in [1.82, 2.24) is 39.7 Å². The number of rotatable bonds is 8. The summed E-state index contributed by atoms with van der Waals surface area (Å²) in [7, 11) is 0. The van der Waals surface area contributed by atoms with Crippen LogP contribution in [0.2, 0.25) is 0 Å². The van der Waals surface area contributed by atoms with Crippen LogP contribution in [0, 0.1) is 12.1 Å². The van der Waals surface area contributed by atoms with E-state index in [1.807, 2.05) is 42.5 Å². The van der Waals surface area contributed by atoms with Gasteiger partial charge in [-0.15, -0.1) is 39.0 Å². The number of benzene rings is 2. The first-order valence-corrected chi connectivity index (χ1v) is 18.7. The molecule has 0 saturated carbocycles. The first-order valence-electron chi connectivity index (χ1n) is 18.7. The molecule has 0 N–H and O–H groups in total. The van der Waals surface area contributed by atoms with Gasteiger partial charge in [0.1, 0.15) is 23.3 Å². The van der Waals surface area contributed by atoms with Crippen LogP contribution in [-0.4, -0.2) is 39.7 Å². The Hall–Kier alpha value is -4.62. The van der Waals surface area contributed by atoms with Crippen molar-refractivity contribution in [2.24, 2.45) is 0 Å². The van der Waals surface area contributed by atoms with Crippen LogP contribution in [0.3, 0.4) is 0 Å². The third-order valence-corrected chi connectivity index (χ3v) is 8.98. The van der Waals surface area contributed by atoms with Crippen LogP contribution < -0.4 is 4.74 Å². The van der Waals surface area contributed by atoms with Crippen molar-refractivity contribution in [2.45, 2.75) is 118 Å². The summed E-state index contributed by atoms with van der Waals surface area (Å²) in [6.45, 7) is 27.8.